The molecule has 0 spiro atoms. The molecule has 2 heterocycles. The summed E-state index contributed by atoms with van der Waals surface area (Å²) in [5.41, 5.74) is 3.74. The van der Waals surface area contributed by atoms with Crippen LogP contribution in [0.3, 0.4) is 0 Å². The predicted octanol–water partition coefficient (Wildman–Crippen LogP) is 2.12. The van der Waals surface area contributed by atoms with E-state index in [0.29, 0.717) is 28.3 Å². The number of hydrogen-bond acceptors (Lipinski definition) is 6. The Hall–Kier alpha value is -2.95. The summed E-state index contributed by atoms with van der Waals surface area (Å²) < 4.78 is 5.92. The minimum absolute atomic E-state index is 0.427. The Labute approximate surface area is 151 Å². The van der Waals surface area contributed by atoms with Crippen LogP contribution in [0.1, 0.15) is 36.6 Å². The number of benzene rings is 1. The number of nitriles is 1. The second-order valence-corrected chi connectivity index (χ2v) is 6.49. The molecule has 0 bridgehead atoms. The first-order valence-corrected chi connectivity index (χ1v) is 8.14. The zero-order chi connectivity index (χ0) is 18.7. The number of aliphatic imine (C=N–C) groups is 1. The van der Waals surface area contributed by atoms with Crippen molar-refractivity contribution in [3.05, 3.63) is 59.4 Å². The molecule has 134 valence electrons. The Morgan fingerprint density at radius 3 is 2.88 bits per heavy atom. The Kier molecular flexibility index (Phi) is 4.89. The van der Waals surface area contributed by atoms with Crippen molar-refractivity contribution in [2.24, 2.45) is 4.99 Å². The summed E-state index contributed by atoms with van der Waals surface area (Å²) in [4.78, 5) is 13.8. The molecule has 0 radical (unpaired) electrons. The number of aromatic nitrogens is 1. The Bertz CT molecular complexity index is 859. The highest BCUT2D eigenvalue weighted by molar-refractivity contribution is 5.98. The maximum Gasteiger partial charge on any atom is 0.154 e. The molecule has 0 amide bonds. The van der Waals surface area contributed by atoms with Gasteiger partial charge in [-0.05, 0) is 44.2 Å². The molecule has 1 aromatic heterocycles. The molecule has 2 aromatic rings. The van der Waals surface area contributed by atoms with Crippen LogP contribution >= 0.6 is 0 Å². The highest BCUT2D eigenvalue weighted by Gasteiger charge is 2.43. The van der Waals surface area contributed by atoms with Crippen molar-refractivity contribution in [2.75, 3.05) is 7.11 Å². The first-order valence-electron chi connectivity index (χ1n) is 8.14. The first kappa shape index (κ1) is 17.9. The lowest BCUT2D eigenvalue weighted by Crippen LogP contribution is -2.48. The lowest BCUT2D eigenvalue weighted by atomic mass is 9.86. The minimum Gasteiger partial charge on any atom is -0.485 e. The standard InChI is InChI=1S/C19H20N4O3/c1-19(2)17(24)16(14-9-12(10-20)6-7-15(14)26-19)22-18(23-25-3)13-5-4-8-21-11-13/h4-9,11,16-17,24H,1-3H3,(H,22,23)/t16-,17+/m1/s1. The summed E-state index contributed by atoms with van der Waals surface area (Å²) in [6, 6.07) is 10.2. The van der Waals surface area contributed by atoms with Crippen LogP contribution in [0.25, 0.3) is 0 Å². The summed E-state index contributed by atoms with van der Waals surface area (Å²) in [5, 5.41) is 20.1. The van der Waals surface area contributed by atoms with E-state index in [1.807, 2.05) is 6.07 Å². The SMILES string of the molecule is CONC(=N[C@@H]1c2cc(C#N)ccc2OC(C)(C)[C@H]1O)c1cccnc1. The number of amidine groups is 1. The van der Waals surface area contributed by atoms with Crippen LogP contribution in [-0.2, 0) is 4.84 Å². The van der Waals surface area contributed by atoms with Gasteiger partial charge in [0.1, 0.15) is 23.5 Å². The van der Waals surface area contributed by atoms with Gasteiger partial charge in [0.05, 0.1) is 18.7 Å². The van der Waals surface area contributed by atoms with E-state index in [-0.39, 0.29) is 0 Å². The second kappa shape index (κ2) is 7.12. The van der Waals surface area contributed by atoms with E-state index in [1.54, 1.807) is 50.5 Å². The van der Waals surface area contributed by atoms with Gasteiger partial charge in [0.15, 0.2) is 5.84 Å². The quantitative estimate of drug-likeness (QED) is 0.499. The molecule has 2 atom stereocenters. The van der Waals surface area contributed by atoms with E-state index in [1.165, 1.54) is 7.11 Å². The van der Waals surface area contributed by atoms with Crippen LogP contribution in [0.2, 0.25) is 0 Å². The van der Waals surface area contributed by atoms with Gasteiger partial charge in [-0.1, -0.05) is 0 Å². The first-order chi connectivity index (χ1) is 12.5. The summed E-state index contributed by atoms with van der Waals surface area (Å²) in [7, 11) is 1.48. The number of ether oxygens (including phenoxy) is 1. The second-order valence-electron chi connectivity index (χ2n) is 6.49. The summed E-state index contributed by atoms with van der Waals surface area (Å²) in [5.74, 6) is 1.02. The Morgan fingerprint density at radius 2 is 2.23 bits per heavy atom. The fourth-order valence-electron chi connectivity index (χ4n) is 2.87. The van der Waals surface area contributed by atoms with Gasteiger partial charge >= 0.3 is 0 Å². The summed E-state index contributed by atoms with van der Waals surface area (Å²) in [6.07, 6.45) is 2.39. The maximum absolute atomic E-state index is 10.9. The average Bonchev–Trinajstić information content (AvgIpc) is 2.65. The van der Waals surface area contributed by atoms with Gasteiger partial charge in [0.2, 0.25) is 0 Å². The number of nitrogens with zero attached hydrogens (tertiary/aromatic N) is 3. The molecule has 7 nitrogen and oxygen atoms in total. The fourth-order valence-corrected chi connectivity index (χ4v) is 2.87. The monoisotopic (exact) mass is 352 g/mol. The highest BCUT2D eigenvalue weighted by atomic mass is 16.6. The van der Waals surface area contributed by atoms with Crippen LogP contribution in [0.5, 0.6) is 5.75 Å². The fraction of sp³-hybridized carbons (Fsp3) is 0.316. The number of rotatable bonds is 3. The predicted molar refractivity (Wildman–Crippen MR) is 95.5 cm³/mol. The molecule has 0 fully saturated rings. The smallest absolute Gasteiger partial charge is 0.154 e. The topological polar surface area (TPSA) is 99.8 Å². The molecule has 2 N–H and O–H groups in total. The number of hydrogen-bond donors (Lipinski definition) is 2. The van der Waals surface area contributed by atoms with E-state index in [2.05, 4.69) is 16.5 Å². The third-order valence-corrected chi connectivity index (χ3v) is 4.24. The van der Waals surface area contributed by atoms with Crippen molar-refractivity contribution in [1.82, 2.24) is 10.5 Å². The molecule has 0 unspecified atom stereocenters. The van der Waals surface area contributed by atoms with Gasteiger partial charge in [-0.3, -0.25) is 14.8 Å². The van der Waals surface area contributed by atoms with Gasteiger partial charge in [0.25, 0.3) is 0 Å². The van der Waals surface area contributed by atoms with Crippen molar-refractivity contribution in [3.63, 3.8) is 0 Å². The number of aliphatic hydroxyl groups excluding tert-OH is 1. The van der Waals surface area contributed by atoms with E-state index in [4.69, 9.17) is 14.6 Å². The van der Waals surface area contributed by atoms with Crippen LogP contribution in [0, 0.1) is 11.3 Å². The molecule has 0 aliphatic carbocycles. The largest absolute Gasteiger partial charge is 0.485 e. The molecular weight excluding hydrogens is 332 g/mol. The number of nitrogens with one attached hydrogen (secondary N) is 1. The van der Waals surface area contributed by atoms with Gasteiger partial charge < -0.3 is 9.84 Å². The van der Waals surface area contributed by atoms with Crippen molar-refractivity contribution < 1.29 is 14.7 Å². The maximum atomic E-state index is 10.9. The van der Waals surface area contributed by atoms with Crippen LogP contribution in [0.4, 0.5) is 0 Å². The molecule has 0 saturated heterocycles. The summed E-state index contributed by atoms with van der Waals surface area (Å²) in [6.45, 7) is 3.60. The van der Waals surface area contributed by atoms with Crippen LogP contribution < -0.4 is 10.2 Å². The molecule has 26 heavy (non-hydrogen) atoms. The molecule has 1 aliphatic heterocycles. The van der Waals surface area contributed by atoms with E-state index in [9.17, 15) is 10.4 Å². The Morgan fingerprint density at radius 1 is 1.42 bits per heavy atom. The van der Waals surface area contributed by atoms with Crippen LogP contribution in [-0.4, -0.2) is 34.7 Å². The average molecular weight is 352 g/mol. The number of hydroxylamine groups is 1. The molecule has 3 rings (SSSR count). The minimum atomic E-state index is -0.922. The van der Waals surface area contributed by atoms with E-state index < -0.39 is 17.7 Å². The molecule has 1 aromatic carbocycles. The van der Waals surface area contributed by atoms with Crippen molar-refractivity contribution in [1.29, 1.82) is 5.26 Å². The normalized spacial score (nSPS) is 21.3. The number of aliphatic hydroxyl groups is 1. The summed E-state index contributed by atoms with van der Waals surface area (Å²) >= 11 is 0. The Balaban J connectivity index is 2.13. The van der Waals surface area contributed by atoms with Gasteiger partial charge in [-0.2, -0.15) is 5.26 Å². The molecular formula is C19H20N4O3. The molecule has 1 aliphatic rings. The van der Waals surface area contributed by atoms with Crippen molar-refractivity contribution >= 4 is 5.84 Å². The number of fused-ring (bicyclic) bond motifs is 1. The lowest BCUT2D eigenvalue weighted by molar-refractivity contribution is -0.0568. The third kappa shape index (κ3) is 3.38. The molecule has 0 saturated carbocycles. The molecule has 7 heteroatoms. The zero-order valence-electron chi connectivity index (χ0n) is 14.8. The van der Waals surface area contributed by atoms with E-state index >= 15 is 0 Å². The van der Waals surface area contributed by atoms with Gasteiger partial charge in [0, 0.05) is 23.5 Å². The third-order valence-electron chi connectivity index (χ3n) is 4.24. The zero-order valence-corrected chi connectivity index (χ0v) is 14.8. The van der Waals surface area contributed by atoms with E-state index in [0.717, 1.165) is 0 Å². The van der Waals surface area contributed by atoms with Gasteiger partial charge in [-0.25, -0.2) is 5.48 Å². The number of pyridine rings is 1. The van der Waals surface area contributed by atoms with Gasteiger partial charge in [-0.15, -0.1) is 0 Å². The van der Waals surface area contributed by atoms with Crippen LogP contribution in [0.15, 0.2) is 47.7 Å². The lowest BCUT2D eigenvalue weighted by Gasteiger charge is -2.40. The van der Waals surface area contributed by atoms with Crippen molar-refractivity contribution in [3.8, 4) is 11.8 Å². The highest BCUT2D eigenvalue weighted by Crippen LogP contribution is 2.42. The van der Waals surface area contributed by atoms with Crippen molar-refractivity contribution in [2.45, 2.75) is 31.6 Å².